The highest BCUT2D eigenvalue weighted by molar-refractivity contribution is 5.24. The molecular formula is C18H30FNO. The summed E-state index contributed by atoms with van der Waals surface area (Å²) in [6, 6.07) is 5.61. The number of halogens is 1. The fourth-order valence-corrected chi connectivity index (χ4v) is 3.13. The molecule has 0 aromatic heterocycles. The average Bonchev–Trinajstić information content (AvgIpc) is 2.33. The number of hydrogen-bond acceptors (Lipinski definition) is 2. The van der Waals surface area contributed by atoms with E-state index in [1.807, 2.05) is 39.0 Å². The first-order valence-electron chi connectivity index (χ1n) is 7.85. The van der Waals surface area contributed by atoms with Gasteiger partial charge in [-0.25, -0.2) is 4.39 Å². The SMILES string of the molecule is CC.Cc1cccc(CN2CC(C)(C)OC(C)(C)C2)c1F. The maximum atomic E-state index is 14.1. The van der Waals surface area contributed by atoms with Crippen molar-refractivity contribution in [1.29, 1.82) is 0 Å². The van der Waals surface area contributed by atoms with Gasteiger partial charge in [-0.3, -0.25) is 4.90 Å². The topological polar surface area (TPSA) is 12.5 Å². The minimum Gasteiger partial charge on any atom is -0.367 e. The zero-order valence-electron chi connectivity index (χ0n) is 14.6. The molecule has 0 atom stereocenters. The quantitative estimate of drug-likeness (QED) is 0.793. The Balaban J connectivity index is 0.00000106. The monoisotopic (exact) mass is 295 g/mol. The Morgan fingerprint density at radius 1 is 1.10 bits per heavy atom. The highest BCUT2D eigenvalue weighted by Gasteiger charge is 2.38. The summed E-state index contributed by atoms with van der Waals surface area (Å²) in [6.45, 7) is 16.5. The van der Waals surface area contributed by atoms with E-state index < -0.39 is 0 Å². The molecular weight excluding hydrogens is 265 g/mol. The number of ether oxygens (including phenoxy) is 1. The van der Waals surface area contributed by atoms with Gasteiger partial charge in [-0.2, -0.15) is 0 Å². The fourth-order valence-electron chi connectivity index (χ4n) is 3.13. The van der Waals surface area contributed by atoms with Crippen molar-refractivity contribution in [3.63, 3.8) is 0 Å². The first-order valence-corrected chi connectivity index (χ1v) is 7.85. The van der Waals surface area contributed by atoms with Gasteiger partial charge < -0.3 is 4.74 Å². The van der Waals surface area contributed by atoms with Crippen molar-refractivity contribution in [3.05, 3.63) is 35.1 Å². The molecule has 0 amide bonds. The molecule has 0 N–H and O–H groups in total. The first-order chi connectivity index (χ1) is 9.69. The highest BCUT2D eigenvalue weighted by atomic mass is 19.1. The van der Waals surface area contributed by atoms with Crippen molar-refractivity contribution >= 4 is 0 Å². The van der Waals surface area contributed by atoms with Crippen molar-refractivity contribution < 1.29 is 9.13 Å². The molecule has 1 aliphatic rings. The van der Waals surface area contributed by atoms with Crippen molar-refractivity contribution in [1.82, 2.24) is 4.90 Å². The van der Waals surface area contributed by atoms with Gasteiger partial charge in [-0.15, -0.1) is 0 Å². The molecule has 1 saturated heterocycles. The lowest BCUT2D eigenvalue weighted by Gasteiger charge is -2.47. The van der Waals surface area contributed by atoms with Crippen molar-refractivity contribution in [2.45, 2.75) is 66.2 Å². The van der Waals surface area contributed by atoms with Crippen LogP contribution in [0, 0.1) is 12.7 Å². The van der Waals surface area contributed by atoms with Crippen LogP contribution in [0.25, 0.3) is 0 Å². The molecule has 0 bridgehead atoms. The fraction of sp³-hybridized carbons (Fsp3) is 0.667. The molecule has 0 saturated carbocycles. The van der Waals surface area contributed by atoms with E-state index in [0.717, 1.165) is 18.7 Å². The molecule has 3 heteroatoms. The maximum absolute atomic E-state index is 14.1. The van der Waals surface area contributed by atoms with Crippen LogP contribution < -0.4 is 0 Å². The molecule has 1 aromatic carbocycles. The number of aryl methyl sites for hydroxylation is 1. The Morgan fingerprint density at radius 2 is 1.62 bits per heavy atom. The van der Waals surface area contributed by atoms with Crippen LogP contribution in [0.4, 0.5) is 4.39 Å². The first kappa shape index (κ1) is 18.1. The zero-order valence-corrected chi connectivity index (χ0v) is 14.6. The van der Waals surface area contributed by atoms with Gasteiger partial charge in [0.05, 0.1) is 11.2 Å². The molecule has 2 rings (SSSR count). The second-order valence-electron chi connectivity index (χ2n) is 6.81. The minimum absolute atomic E-state index is 0.0791. The molecule has 1 aliphatic heterocycles. The largest absolute Gasteiger partial charge is 0.367 e. The van der Waals surface area contributed by atoms with Crippen LogP contribution in [-0.4, -0.2) is 29.2 Å². The average molecular weight is 295 g/mol. The predicted octanol–water partition coefficient (Wildman–Crippen LogP) is 4.55. The van der Waals surface area contributed by atoms with Gasteiger partial charge in [0.2, 0.25) is 0 Å². The smallest absolute Gasteiger partial charge is 0.130 e. The van der Waals surface area contributed by atoms with E-state index in [1.54, 1.807) is 0 Å². The molecule has 0 aliphatic carbocycles. The third kappa shape index (κ3) is 5.08. The van der Waals surface area contributed by atoms with Crippen LogP contribution in [0.5, 0.6) is 0 Å². The molecule has 0 spiro atoms. The van der Waals surface area contributed by atoms with E-state index in [-0.39, 0.29) is 17.0 Å². The summed E-state index contributed by atoms with van der Waals surface area (Å²) in [5, 5.41) is 0. The summed E-state index contributed by atoms with van der Waals surface area (Å²) in [5.74, 6) is -0.0791. The standard InChI is InChI=1S/C16H24FNO.C2H6/c1-12-7-6-8-13(14(12)17)9-18-10-15(2,3)19-16(4,5)11-18;1-2/h6-8H,9-11H2,1-5H3;1-2H3. The number of hydrogen-bond donors (Lipinski definition) is 0. The van der Waals surface area contributed by atoms with Gasteiger partial charge in [-0.1, -0.05) is 32.0 Å². The second kappa shape index (κ2) is 6.89. The van der Waals surface area contributed by atoms with E-state index in [1.165, 1.54) is 0 Å². The lowest BCUT2D eigenvalue weighted by atomic mass is 9.98. The molecule has 1 aromatic rings. The molecule has 21 heavy (non-hydrogen) atoms. The van der Waals surface area contributed by atoms with E-state index in [4.69, 9.17) is 4.74 Å². The van der Waals surface area contributed by atoms with E-state index in [9.17, 15) is 4.39 Å². The lowest BCUT2D eigenvalue weighted by molar-refractivity contribution is -0.182. The number of morpholine rings is 1. The van der Waals surface area contributed by atoms with Gasteiger partial charge in [0.25, 0.3) is 0 Å². The Hall–Kier alpha value is -0.930. The molecule has 0 unspecified atom stereocenters. The summed E-state index contributed by atoms with van der Waals surface area (Å²) in [7, 11) is 0. The molecule has 0 radical (unpaired) electrons. The maximum Gasteiger partial charge on any atom is 0.130 e. The molecule has 1 fully saturated rings. The Labute approximate surface area is 129 Å². The van der Waals surface area contributed by atoms with Gasteiger partial charge in [-0.05, 0) is 40.2 Å². The highest BCUT2D eigenvalue weighted by Crippen LogP contribution is 2.29. The number of nitrogens with zero attached hydrogens (tertiary/aromatic N) is 1. The molecule has 2 nitrogen and oxygen atoms in total. The molecule has 120 valence electrons. The Kier molecular flexibility index (Phi) is 5.94. The zero-order chi connectivity index (χ0) is 16.3. The van der Waals surface area contributed by atoms with Gasteiger partial charge in [0.1, 0.15) is 5.82 Å². The summed E-state index contributed by atoms with van der Waals surface area (Å²) >= 11 is 0. The third-order valence-corrected chi connectivity index (χ3v) is 3.43. The Morgan fingerprint density at radius 3 is 2.14 bits per heavy atom. The Bertz CT molecular complexity index is 452. The van der Waals surface area contributed by atoms with Gasteiger partial charge >= 0.3 is 0 Å². The summed E-state index contributed by atoms with van der Waals surface area (Å²) in [6.07, 6.45) is 0. The summed E-state index contributed by atoms with van der Waals surface area (Å²) in [4.78, 5) is 2.28. The third-order valence-electron chi connectivity index (χ3n) is 3.43. The van der Waals surface area contributed by atoms with Crippen LogP contribution in [0.1, 0.15) is 52.7 Å². The van der Waals surface area contributed by atoms with E-state index >= 15 is 0 Å². The number of benzene rings is 1. The van der Waals surface area contributed by atoms with E-state index in [2.05, 4.69) is 32.6 Å². The van der Waals surface area contributed by atoms with Crippen molar-refractivity contribution in [2.24, 2.45) is 0 Å². The van der Waals surface area contributed by atoms with Crippen LogP contribution in [0.15, 0.2) is 18.2 Å². The second-order valence-corrected chi connectivity index (χ2v) is 6.81. The minimum atomic E-state index is -0.192. The van der Waals surface area contributed by atoms with Crippen LogP contribution in [0.2, 0.25) is 0 Å². The molecule has 1 heterocycles. The van der Waals surface area contributed by atoms with Gasteiger partial charge in [0.15, 0.2) is 0 Å². The van der Waals surface area contributed by atoms with Crippen molar-refractivity contribution in [2.75, 3.05) is 13.1 Å². The number of rotatable bonds is 2. The predicted molar refractivity (Wildman–Crippen MR) is 87.0 cm³/mol. The lowest BCUT2D eigenvalue weighted by Crippen LogP contribution is -2.56. The van der Waals surface area contributed by atoms with Crippen molar-refractivity contribution in [3.8, 4) is 0 Å². The van der Waals surface area contributed by atoms with Crippen LogP contribution in [-0.2, 0) is 11.3 Å². The van der Waals surface area contributed by atoms with E-state index in [0.29, 0.717) is 12.1 Å². The normalized spacial score (nSPS) is 20.6. The van der Waals surface area contributed by atoms with Gasteiger partial charge in [0, 0.05) is 25.2 Å². The van der Waals surface area contributed by atoms with Crippen LogP contribution in [0.3, 0.4) is 0 Å². The van der Waals surface area contributed by atoms with Crippen LogP contribution >= 0.6 is 0 Å². The summed E-state index contributed by atoms with van der Waals surface area (Å²) in [5.41, 5.74) is 1.10. The summed E-state index contributed by atoms with van der Waals surface area (Å²) < 4.78 is 20.1.